The monoisotopic (exact) mass is 384 g/mol. The fourth-order valence-electron chi connectivity index (χ4n) is 2.13. The zero-order valence-electron chi connectivity index (χ0n) is 13.7. The Morgan fingerprint density at radius 2 is 1.92 bits per heavy atom. The van der Waals surface area contributed by atoms with Gasteiger partial charge in [-0.15, -0.1) is 0 Å². The third kappa shape index (κ3) is 4.67. The summed E-state index contributed by atoms with van der Waals surface area (Å²) >= 11 is 11.6. The maximum atomic E-state index is 13.7. The second-order valence-electron chi connectivity index (χ2n) is 5.41. The molecule has 8 heteroatoms. The molecule has 0 unspecified atom stereocenters. The van der Waals surface area contributed by atoms with Gasteiger partial charge < -0.3 is 10.1 Å². The van der Waals surface area contributed by atoms with Gasteiger partial charge in [0.2, 0.25) is 0 Å². The van der Waals surface area contributed by atoms with Crippen LogP contribution >= 0.6 is 23.2 Å². The molecule has 1 aromatic heterocycles. The van der Waals surface area contributed by atoms with Crippen molar-refractivity contribution in [3.8, 4) is 0 Å². The molecule has 0 saturated carbocycles. The van der Waals surface area contributed by atoms with Crippen LogP contribution in [0, 0.1) is 19.7 Å². The number of ether oxygens (including phenoxy) is 1. The molecule has 2 rings (SSSR count). The first-order valence-corrected chi connectivity index (χ1v) is 8.05. The molecule has 1 N–H and O–H groups in total. The van der Waals surface area contributed by atoms with Crippen molar-refractivity contribution in [2.45, 2.75) is 26.9 Å². The van der Waals surface area contributed by atoms with Gasteiger partial charge in [-0.2, -0.15) is 0 Å². The third-order valence-electron chi connectivity index (χ3n) is 3.35. The Balaban J connectivity index is 2.09. The summed E-state index contributed by atoms with van der Waals surface area (Å²) in [5, 5.41) is 2.53. The van der Waals surface area contributed by atoms with Crippen LogP contribution in [0.25, 0.3) is 0 Å². The van der Waals surface area contributed by atoms with Crippen LogP contribution in [0.2, 0.25) is 10.2 Å². The van der Waals surface area contributed by atoms with E-state index >= 15 is 0 Å². The van der Waals surface area contributed by atoms with Gasteiger partial charge in [-0.1, -0.05) is 23.2 Å². The van der Waals surface area contributed by atoms with Gasteiger partial charge in [-0.3, -0.25) is 4.79 Å². The highest BCUT2D eigenvalue weighted by atomic mass is 35.5. The highest BCUT2D eigenvalue weighted by molar-refractivity contribution is 6.32. The number of carbonyl (C=O) groups excluding carboxylic acids is 2. The molecule has 0 aliphatic heterocycles. The number of pyridine rings is 1. The maximum absolute atomic E-state index is 13.7. The van der Waals surface area contributed by atoms with Crippen molar-refractivity contribution in [2.24, 2.45) is 0 Å². The van der Waals surface area contributed by atoms with Crippen LogP contribution in [0.5, 0.6) is 0 Å². The summed E-state index contributed by atoms with van der Waals surface area (Å²) in [7, 11) is 0. The van der Waals surface area contributed by atoms with Gasteiger partial charge in [0.1, 0.15) is 11.0 Å². The summed E-state index contributed by atoms with van der Waals surface area (Å²) in [6, 6.07) is 5.48. The number of anilines is 1. The van der Waals surface area contributed by atoms with Crippen LogP contribution in [0.4, 0.5) is 10.1 Å². The minimum absolute atomic E-state index is 0.00106. The van der Waals surface area contributed by atoms with E-state index in [1.807, 2.05) is 0 Å². The number of nitrogens with zero attached hydrogens (tertiary/aromatic N) is 1. The summed E-state index contributed by atoms with van der Waals surface area (Å²) in [6.45, 7) is 4.79. The Labute approximate surface area is 154 Å². The fraction of sp³-hybridized carbons (Fsp3) is 0.235. The molecule has 1 amide bonds. The van der Waals surface area contributed by atoms with Crippen LogP contribution in [0.15, 0.2) is 24.3 Å². The van der Waals surface area contributed by atoms with Crippen molar-refractivity contribution in [3.63, 3.8) is 0 Å². The van der Waals surface area contributed by atoms with Crippen LogP contribution < -0.4 is 5.32 Å². The van der Waals surface area contributed by atoms with Crippen LogP contribution in [0.3, 0.4) is 0 Å². The second kappa shape index (κ2) is 7.80. The largest absolute Gasteiger partial charge is 0.449 e. The molecule has 1 aromatic carbocycles. The second-order valence-corrected chi connectivity index (χ2v) is 6.20. The molecule has 0 spiro atoms. The van der Waals surface area contributed by atoms with E-state index in [9.17, 15) is 14.0 Å². The van der Waals surface area contributed by atoms with E-state index in [0.29, 0.717) is 11.3 Å². The Hall–Kier alpha value is -2.18. The minimum atomic E-state index is -1.17. The predicted octanol–water partition coefficient (Wildman–Crippen LogP) is 4.33. The van der Waals surface area contributed by atoms with E-state index in [4.69, 9.17) is 27.9 Å². The summed E-state index contributed by atoms with van der Waals surface area (Å²) in [4.78, 5) is 28.4. The number of esters is 1. The molecule has 0 saturated heterocycles. The lowest BCUT2D eigenvalue weighted by atomic mass is 10.1. The maximum Gasteiger partial charge on any atom is 0.342 e. The predicted molar refractivity (Wildman–Crippen MR) is 93.6 cm³/mol. The Morgan fingerprint density at radius 3 is 2.52 bits per heavy atom. The lowest BCUT2D eigenvalue weighted by molar-refractivity contribution is -0.123. The number of carbonyl (C=O) groups is 2. The smallest absolute Gasteiger partial charge is 0.342 e. The average molecular weight is 385 g/mol. The van der Waals surface area contributed by atoms with Gasteiger partial charge >= 0.3 is 5.97 Å². The van der Waals surface area contributed by atoms with Crippen molar-refractivity contribution in [2.75, 3.05) is 5.32 Å². The van der Waals surface area contributed by atoms with Crippen LogP contribution in [-0.2, 0) is 9.53 Å². The van der Waals surface area contributed by atoms with Crippen molar-refractivity contribution in [1.82, 2.24) is 4.98 Å². The highest BCUT2D eigenvalue weighted by Crippen LogP contribution is 2.21. The molecule has 1 heterocycles. The van der Waals surface area contributed by atoms with E-state index in [2.05, 4.69) is 10.3 Å². The lowest BCUT2D eigenvalue weighted by Gasteiger charge is -2.15. The zero-order valence-corrected chi connectivity index (χ0v) is 15.2. The minimum Gasteiger partial charge on any atom is -0.449 e. The van der Waals surface area contributed by atoms with E-state index in [-0.39, 0.29) is 21.4 Å². The first-order chi connectivity index (χ1) is 11.7. The topological polar surface area (TPSA) is 68.3 Å². The summed E-state index contributed by atoms with van der Waals surface area (Å²) in [5.41, 5.74) is 1.26. The van der Waals surface area contributed by atoms with Gasteiger partial charge in [0.15, 0.2) is 6.10 Å². The number of aryl methyl sites for hydroxylation is 2. The van der Waals surface area contributed by atoms with Crippen molar-refractivity contribution in [3.05, 3.63) is 57.1 Å². The normalized spacial score (nSPS) is 11.8. The van der Waals surface area contributed by atoms with Gasteiger partial charge in [-0.25, -0.2) is 14.2 Å². The average Bonchev–Trinajstić information content (AvgIpc) is 2.48. The molecule has 132 valence electrons. The number of rotatable bonds is 4. The van der Waals surface area contributed by atoms with Gasteiger partial charge in [0.05, 0.1) is 11.3 Å². The van der Waals surface area contributed by atoms with Crippen molar-refractivity contribution < 1.29 is 18.7 Å². The fourth-order valence-corrected chi connectivity index (χ4v) is 2.65. The lowest BCUT2D eigenvalue weighted by Crippen LogP contribution is -2.30. The summed E-state index contributed by atoms with van der Waals surface area (Å²) in [6.07, 6.45) is -1.17. The number of hydrogen-bond donors (Lipinski definition) is 1. The van der Waals surface area contributed by atoms with Gasteiger partial charge in [0.25, 0.3) is 5.91 Å². The van der Waals surface area contributed by atoms with Gasteiger partial charge in [-0.05, 0) is 50.6 Å². The van der Waals surface area contributed by atoms with Crippen LogP contribution in [0.1, 0.15) is 28.5 Å². The Kier molecular flexibility index (Phi) is 5.98. The first-order valence-electron chi connectivity index (χ1n) is 7.29. The number of hydrogen-bond acceptors (Lipinski definition) is 4. The molecule has 1 atom stereocenters. The molecule has 5 nitrogen and oxygen atoms in total. The molecular formula is C17H15Cl2FN2O3. The molecule has 0 aliphatic carbocycles. The quantitative estimate of drug-likeness (QED) is 0.629. The number of aromatic nitrogens is 1. The molecule has 0 fully saturated rings. The molecule has 0 bridgehead atoms. The van der Waals surface area contributed by atoms with Crippen molar-refractivity contribution in [1.29, 1.82) is 0 Å². The molecule has 25 heavy (non-hydrogen) atoms. The SMILES string of the molecule is Cc1cc(C)c(C(=O)O[C@@H](C)C(=O)Nc2ccc(Cl)cc2F)c(Cl)n1. The molecule has 0 radical (unpaired) electrons. The summed E-state index contributed by atoms with van der Waals surface area (Å²) < 4.78 is 18.8. The van der Waals surface area contributed by atoms with E-state index < -0.39 is 23.8 Å². The zero-order chi connectivity index (χ0) is 18.7. The highest BCUT2D eigenvalue weighted by Gasteiger charge is 2.23. The van der Waals surface area contributed by atoms with Crippen molar-refractivity contribution >= 4 is 40.8 Å². The molecule has 0 aliphatic rings. The Morgan fingerprint density at radius 1 is 1.24 bits per heavy atom. The standard InChI is InChI=1S/C17H15Cl2FN2O3/c1-8-6-9(2)21-15(19)14(8)17(24)25-10(3)16(23)22-13-5-4-11(18)7-12(13)20/h4-7,10H,1-3H3,(H,22,23)/t10-/m0/s1. The molecular weight excluding hydrogens is 370 g/mol. The van der Waals surface area contributed by atoms with E-state index in [1.165, 1.54) is 19.1 Å². The summed E-state index contributed by atoms with van der Waals surface area (Å²) in [5.74, 6) is -2.17. The number of nitrogens with one attached hydrogen (secondary N) is 1. The number of amides is 1. The van der Waals surface area contributed by atoms with Gasteiger partial charge in [0, 0.05) is 10.7 Å². The Bertz CT molecular complexity index is 820. The van der Waals surface area contributed by atoms with Crippen LogP contribution in [-0.4, -0.2) is 23.0 Å². The number of halogens is 3. The molecule has 2 aromatic rings. The third-order valence-corrected chi connectivity index (χ3v) is 3.86. The van der Waals surface area contributed by atoms with E-state index in [1.54, 1.807) is 19.9 Å². The van der Waals surface area contributed by atoms with E-state index in [0.717, 1.165) is 6.07 Å². The first kappa shape index (κ1) is 19.1. The number of benzene rings is 1.